The zero-order valence-corrected chi connectivity index (χ0v) is 32.7. The van der Waals surface area contributed by atoms with Crippen molar-refractivity contribution in [3.05, 3.63) is 154 Å². The van der Waals surface area contributed by atoms with Gasteiger partial charge in [-0.05, 0) is 107 Å². The van der Waals surface area contributed by atoms with Crippen LogP contribution in [0.3, 0.4) is 0 Å². The van der Waals surface area contributed by atoms with Gasteiger partial charge in [-0.15, -0.1) is 0 Å². The molecule has 52 heavy (non-hydrogen) atoms. The molecule has 3 aromatic heterocycles. The molecule has 0 atom stereocenters. The van der Waals surface area contributed by atoms with Crippen molar-refractivity contribution < 1.29 is 4.11 Å². The first-order valence-corrected chi connectivity index (χ1v) is 18.4. The van der Waals surface area contributed by atoms with Crippen molar-refractivity contribution in [1.82, 2.24) is 19.3 Å². The molecule has 0 amide bonds. The Balaban J connectivity index is 1.45. The molecule has 4 nitrogen and oxygen atoms in total. The maximum atomic E-state index is 8.00. The second kappa shape index (κ2) is 12.3. The molecule has 0 spiro atoms. The average Bonchev–Trinajstić information content (AvgIpc) is 3.68. The molecule has 7 rings (SSSR count). The van der Waals surface area contributed by atoms with Crippen LogP contribution in [0.5, 0.6) is 0 Å². The predicted molar refractivity (Wildman–Crippen MR) is 220 cm³/mol. The number of hydrogen-bond donors (Lipinski definition) is 0. The highest BCUT2D eigenvalue weighted by Crippen LogP contribution is 2.41. The van der Waals surface area contributed by atoms with E-state index in [1.807, 2.05) is 13.1 Å². The third-order valence-electron chi connectivity index (χ3n) is 11.2. The molecule has 4 heteroatoms. The number of nitrogens with zero attached hydrogens (tertiary/aromatic N) is 4. The summed E-state index contributed by atoms with van der Waals surface area (Å²) < 4.78 is 28.1. The Bertz CT molecular complexity index is 2550. The molecule has 0 bridgehead atoms. The lowest BCUT2D eigenvalue weighted by molar-refractivity contribution is 0.580. The van der Waals surface area contributed by atoms with Gasteiger partial charge in [0.1, 0.15) is 5.82 Å². The van der Waals surface area contributed by atoms with Crippen molar-refractivity contribution in [2.45, 2.75) is 105 Å². The highest BCUT2D eigenvalue weighted by atomic mass is 15.3. The van der Waals surface area contributed by atoms with Crippen LogP contribution in [-0.2, 0) is 21.7 Å². The maximum absolute atomic E-state index is 8.00. The van der Waals surface area contributed by atoms with Gasteiger partial charge < -0.3 is 0 Å². The van der Waals surface area contributed by atoms with E-state index in [9.17, 15) is 0 Å². The third kappa shape index (κ3) is 6.16. The summed E-state index contributed by atoms with van der Waals surface area (Å²) in [4.78, 5) is 5.03. The maximum Gasteiger partial charge on any atom is 0.137 e. The highest BCUT2D eigenvalue weighted by molar-refractivity contribution is 6.09. The standard InChI is InChI=1S/C48H54N4/c1-31-24-32(2)52(50-31)39-26-37(46(6,7)8)25-38(27-39)48(11,12)35-18-20-40-41-28-34(45(3,4)5)19-21-42(41)51(43(40)29-35)44-30-36(22-23-49-44)47(9,10)33-16-14-13-15-17-33/h13-30H,1-12H3/i1D3. The molecule has 0 saturated heterocycles. The van der Waals surface area contributed by atoms with Gasteiger partial charge in [0.05, 0.1) is 22.4 Å². The molecule has 7 aromatic rings. The minimum absolute atomic E-state index is 0.00458. The molecule has 0 radical (unpaired) electrons. The Morgan fingerprint density at radius 2 is 1.19 bits per heavy atom. The Hall–Kier alpha value is -4.96. The summed E-state index contributed by atoms with van der Waals surface area (Å²) in [6.45, 7) is 22.2. The quantitative estimate of drug-likeness (QED) is 0.174. The molecule has 0 unspecified atom stereocenters. The number of hydrogen-bond acceptors (Lipinski definition) is 2. The lowest BCUT2D eigenvalue weighted by atomic mass is 9.75. The average molecular weight is 690 g/mol. The minimum Gasteiger partial charge on any atom is -0.294 e. The molecule has 4 aromatic carbocycles. The zero-order valence-electron chi connectivity index (χ0n) is 35.7. The topological polar surface area (TPSA) is 35.6 Å². The van der Waals surface area contributed by atoms with Crippen molar-refractivity contribution in [2.24, 2.45) is 0 Å². The fraction of sp³-hybridized carbons (Fsp3) is 0.333. The van der Waals surface area contributed by atoms with Crippen LogP contribution in [0.1, 0.15) is 118 Å². The van der Waals surface area contributed by atoms with Gasteiger partial charge in [-0.25, -0.2) is 9.67 Å². The number of pyridine rings is 1. The summed E-state index contributed by atoms with van der Waals surface area (Å²) in [5, 5.41) is 6.98. The second-order valence-corrected chi connectivity index (χ2v) is 17.7. The van der Waals surface area contributed by atoms with E-state index in [2.05, 4.69) is 176 Å². The molecule has 0 aliphatic carbocycles. The van der Waals surface area contributed by atoms with Crippen molar-refractivity contribution in [1.29, 1.82) is 0 Å². The van der Waals surface area contributed by atoms with E-state index < -0.39 is 12.3 Å². The summed E-state index contributed by atoms with van der Waals surface area (Å²) in [6, 6.07) is 37.1. The lowest BCUT2D eigenvalue weighted by Gasteiger charge is -2.30. The zero-order chi connectivity index (χ0) is 39.9. The Kier molecular flexibility index (Phi) is 7.53. The molecular weight excluding hydrogens is 633 g/mol. The largest absolute Gasteiger partial charge is 0.294 e. The van der Waals surface area contributed by atoms with Crippen LogP contribution < -0.4 is 0 Å². The van der Waals surface area contributed by atoms with E-state index in [-0.39, 0.29) is 21.9 Å². The van der Waals surface area contributed by atoms with Crippen LogP contribution in [0.25, 0.3) is 33.3 Å². The van der Waals surface area contributed by atoms with Crippen LogP contribution in [0, 0.1) is 13.8 Å². The summed E-state index contributed by atoms with van der Waals surface area (Å²) in [5.41, 5.74) is 10.3. The molecule has 0 aliphatic heterocycles. The second-order valence-electron chi connectivity index (χ2n) is 17.7. The number of aryl methyl sites for hydroxylation is 2. The monoisotopic (exact) mass is 689 g/mol. The first-order chi connectivity index (χ1) is 25.6. The molecule has 0 N–H and O–H groups in total. The van der Waals surface area contributed by atoms with Crippen molar-refractivity contribution in [2.75, 3.05) is 0 Å². The smallest absolute Gasteiger partial charge is 0.137 e. The van der Waals surface area contributed by atoms with Crippen molar-refractivity contribution in [3.8, 4) is 11.5 Å². The third-order valence-corrected chi connectivity index (χ3v) is 11.2. The van der Waals surface area contributed by atoms with E-state index >= 15 is 0 Å². The van der Waals surface area contributed by atoms with E-state index in [0.717, 1.165) is 39.4 Å². The Morgan fingerprint density at radius 3 is 1.87 bits per heavy atom. The van der Waals surface area contributed by atoms with Gasteiger partial charge in [-0.2, -0.15) is 5.10 Å². The van der Waals surface area contributed by atoms with E-state index in [4.69, 9.17) is 9.10 Å². The molecule has 0 fully saturated rings. The van der Waals surface area contributed by atoms with Crippen LogP contribution in [0.15, 0.2) is 109 Å². The lowest BCUT2D eigenvalue weighted by Crippen LogP contribution is -2.22. The van der Waals surface area contributed by atoms with Crippen LogP contribution >= 0.6 is 0 Å². The predicted octanol–water partition coefficient (Wildman–Crippen LogP) is 12.2. The van der Waals surface area contributed by atoms with E-state index in [1.54, 1.807) is 10.7 Å². The number of benzene rings is 4. The van der Waals surface area contributed by atoms with Gasteiger partial charge >= 0.3 is 0 Å². The van der Waals surface area contributed by atoms with Gasteiger partial charge in [0, 0.05) is 37.6 Å². The fourth-order valence-electron chi connectivity index (χ4n) is 7.50. The molecule has 3 heterocycles. The van der Waals surface area contributed by atoms with Gasteiger partial charge in [-0.3, -0.25) is 4.57 Å². The fourth-order valence-corrected chi connectivity index (χ4v) is 7.50. The first-order valence-electron chi connectivity index (χ1n) is 19.9. The Morgan fingerprint density at radius 1 is 0.538 bits per heavy atom. The molecular formula is C48H54N4. The van der Waals surface area contributed by atoms with Gasteiger partial charge in [0.25, 0.3) is 0 Å². The molecule has 0 aliphatic rings. The van der Waals surface area contributed by atoms with E-state index in [0.29, 0.717) is 0 Å². The number of fused-ring (bicyclic) bond motifs is 3. The van der Waals surface area contributed by atoms with Gasteiger partial charge in [0.2, 0.25) is 0 Å². The number of aromatic nitrogens is 4. The minimum atomic E-state index is -2.28. The van der Waals surface area contributed by atoms with Crippen LogP contribution in [0.4, 0.5) is 0 Å². The molecule has 0 saturated carbocycles. The summed E-state index contributed by atoms with van der Waals surface area (Å²) in [6.07, 6.45) is 1.94. The SMILES string of the molecule is [2H]C([2H])([2H])c1cc(C)n(-c2cc(C(C)(C)C)cc(C(C)(C)c3ccc4c5cc(C(C)(C)C)ccc5n(-c5cc(C(C)(C)c6ccccc6)ccn5)c4c3)c2)n1. The van der Waals surface area contributed by atoms with Crippen molar-refractivity contribution in [3.63, 3.8) is 0 Å². The van der Waals surface area contributed by atoms with E-state index in [1.165, 1.54) is 33.0 Å². The number of rotatable bonds is 6. The summed E-state index contributed by atoms with van der Waals surface area (Å²) in [7, 11) is 0. The van der Waals surface area contributed by atoms with Gasteiger partial charge in [0.15, 0.2) is 0 Å². The summed E-state index contributed by atoms with van der Waals surface area (Å²) in [5.74, 6) is 0.885. The van der Waals surface area contributed by atoms with Crippen LogP contribution in [0.2, 0.25) is 0 Å². The Labute approximate surface area is 314 Å². The first kappa shape index (κ1) is 31.7. The van der Waals surface area contributed by atoms with Crippen molar-refractivity contribution >= 4 is 21.8 Å². The van der Waals surface area contributed by atoms with Crippen LogP contribution in [-0.4, -0.2) is 19.3 Å². The summed E-state index contributed by atoms with van der Waals surface area (Å²) >= 11 is 0. The molecule has 266 valence electrons. The normalized spacial score (nSPS) is 14.1. The highest BCUT2D eigenvalue weighted by Gasteiger charge is 2.29. The van der Waals surface area contributed by atoms with Gasteiger partial charge in [-0.1, -0.05) is 124 Å².